The number of aromatic amines is 1. The highest BCUT2D eigenvalue weighted by molar-refractivity contribution is 7.18. The van der Waals surface area contributed by atoms with E-state index in [2.05, 4.69) is 9.97 Å². The zero-order chi connectivity index (χ0) is 17.6. The van der Waals surface area contributed by atoms with Gasteiger partial charge in [-0.05, 0) is 48.6 Å². The Morgan fingerprint density at radius 1 is 1.36 bits per heavy atom. The number of nitrogens with one attached hydrogen (secondary N) is 1. The number of benzene rings is 1. The summed E-state index contributed by atoms with van der Waals surface area (Å²) >= 11 is 7.60. The van der Waals surface area contributed by atoms with Crippen molar-refractivity contribution >= 4 is 45.3 Å². The summed E-state index contributed by atoms with van der Waals surface area (Å²) in [6.07, 6.45) is 6.59. The van der Waals surface area contributed by atoms with E-state index < -0.39 is 0 Å². The van der Waals surface area contributed by atoms with Gasteiger partial charge in [-0.2, -0.15) is 0 Å². The minimum Gasteiger partial charge on any atom is -0.503 e. The normalized spacial score (nSPS) is 13.7. The number of ether oxygens (including phenoxy) is 1. The van der Waals surface area contributed by atoms with E-state index in [9.17, 15) is 9.90 Å². The van der Waals surface area contributed by atoms with Crippen molar-refractivity contribution in [3.05, 3.63) is 49.3 Å². The maximum absolute atomic E-state index is 12.4. The van der Waals surface area contributed by atoms with Gasteiger partial charge in [-0.3, -0.25) is 4.79 Å². The largest absolute Gasteiger partial charge is 0.503 e. The maximum Gasteiger partial charge on any atom is 0.260 e. The lowest BCUT2D eigenvalue weighted by Crippen LogP contribution is -2.09. The number of nitrogens with zero attached hydrogens (tertiary/aromatic N) is 1. The highest BCUT2D eigenvalue weighted by Crippen LogP contribution is 2.36. The molecule has 128 valence electrons. The monoisotopic (exact) mass is 374 g/mol. The SMILES string of the molecule is COc1cc(/C=C/c2nc3sc4c(c3c(=O)[nH]2)CCC4)cc(Cl)c1O. The summed E-state index contributed by atoms with van der Waals surface area (Å²) < 4.78 is 5.09. The standard InChI is InChI=1S/C18H15ClN2O3S/c1-24-12-8-9(7-11(19)16(12)22)5-6-14-20-17(23)15-10-3-2-4-13(10)25-18(15)21-14/h5-8,22H,2-4H2,1H3,(H,20,21,23)/b6-5+. The molecule has 2 heterocycles. The summed E-state index contributed by atoms with van der Waals surface area (Å²) in [7, 11) is 1.46. The summed E-state index contributed by atoms with van der Waals surface area (Å²) in [4.78, 5) is 21.9. The van der Waals surface area contributed by atoms with Crippen molar-refractivity contribution in [2.45, 2.75) is 19.3 Å². The van der Waals surface area contributed by atoms with Gasteiger partial charge in [-0.25, -0.2) is 4.98 Å². The number of thiophene rings is 1. The van der Waals surface area contributed by atoms with Crippen LogP contribution in [0.4, 0.5) is 0 Å². The van der Waals surface area contributed by atoms with E-state index in [0.29, 0.717) is 11.6 Å². The molecule has 2 aromatic heterocycles. The fourth-order valence-electron chi connectivity index (χ4n) is 3.12. The van der Waals surface area contributed by atoms with Crippen molar-refractivity contribution in [2.75, 3.05) is 7.11 Å². The lowest BCUT2D eigenvalue weighted by atomic mass is 10.2. The third-order valence-corrected chi connectivity index (χ3v) is 5.77. The Bertz CT molecular complexity index is 1070. The molecule has 1 aliphatic rings. The van der Waals surface area contributed by atoms with E-state index in [-0.39, 0.29) is 16.3 Å². The summed E-state index contributed by atoms with van der Waals surface area (Å²) in [5.74, 6) is 0.682. The number of hydrogen-bond donors (Lipinski definition) is 2. The van der Waals surface area contributed by atoms with Crippen LogP contribution in [0.3, 0.4) is 0 Å². The van der Waals surface area contributed by atoms with E-state index in [1.165, 1.54) is 17.6 Å². The minimum absolute atomic E-state index is 0.0923. The number of phenolic OH excluding ortho intramolecular Hbond substituents is 1. The summed E-state index contributed by atoms with van der Waals surface area (Å²) in [5, 5.41) is 10.7. The number of methoxy groups -OCH3 is 1. The predicted octanol–water partition coefficient (Wildman–Crippen LogP) is 4.01. The van der Waals surface area contributed by atoms with Crippen molar-refractivity contribution in [1.29, 1.82) is 0 Å². The lowest BCUT2D eigenvalue weighted by molar-refractivity contribution is 0.373. The molecule has 7 heteroatoms. The number of hydrogen-bond acceptors (Lipinski definition) is 5. The van der Waals surface area contributed by atoms with Gasteiger partial charge in [0.2, 0.25) is 0 Å². The fourth-order valence-corrected chi connectivity index (χ4v) is 4.61. The predicted molar refractivity (Wildman–Crippen MR) is 101 cm³/mol. The number of H-pyrrole nitrogens is 1. The molecule has 0 atom stereocenters. The van der Waals surface area contributed by atoms with E-state index in [0.717, 1.165) is 35.0 Å². The Hall–Kier alpha value is -2.31. The van der Waals surface area contributed by atoms with Crippen LogP contribution in [0, 0.1) is 0 Å². The molecule has 1 aliphatic carbocycles. The fraction of sp³-hybridized carbons (Fsp3) is 0.222. The highest BCUT2D eigenvalue weighted by Gasteiger charge is 2.20. The molecule has 0 fully saturated rings. The van der Waals surface area contributed by atoms with Crippen LogP contribution in [-0.4, -0.2) is 22.2 Å². The second kappa shape index (κ2) is 6.20. The van der Waals surface area contributed by atoms with E-state index in [4.69, 9.17) is 16.3 Å². The van der Waals surface area contributed by atoms with Crippen molar-refractivity contribution in [2.24, 2.45) is 0 Å². The molecule has 1 aromatic carbocycles. The molecular formula is C18H15ClN2O3S. The zero-order valence-corrected chi connectivity index (χ0v) is 15.0. The summed E-state index contributed by atoms with van der Waals surface area (Å²) in [6.45, 7) is 0. The van der Waals surface area contributed by atoms with Crippen LogP contribution in [0.25, 0.3) is 22.4 Å². The Balaban J connectivity index is 1.73. The van der Waals surface area contributed by atoms with Gasteiger partial charge in [0.1, 0.15) is 10.7 Å². The molecule has 0 saturated carbocycles. The van der Waals surface area contributed by atoms with Crippen LogP contribution in [0.15, 0.2) is 16.9 Å². The lowest BCUT2D eigenvalue weighted by Gasteiger charge is -2.06. The molecule has 5 nitrogen and oxygen atoms in total. The smallest absolute Gasteiger partial charge is 0.260 e. The first-order chi connectivity index (χ1) is 12.1. The van der Waals surface area contributed by atoms with Gasteiger partial charge in [-0.1, -0.05) is 17.7 Å². The maximum atomic E-state index is 12.4. The molecule has 0 aliphatic heterocycles. The topological polar surface area (TPSA) is 75.2 Å². The van der Waals surface area contributed by atoms with Gasteiger partial charge >= 0.3 is 0 Å². The zero-order valence-electron chi connectivity index (χ0n) is 13.4. The number of fused-ring (bicyclic) bond motifs is 3. The second-order valence-electron chi connectivity index (χ2n) is 5.88. The number of aromatic hydroxyl groups is 1. The van der Waals surface area contributed by atoms with Gasteiger partial charge in [0, 0.05) is 4.88 Å². The molecule has 25 heavy (non-hydrogen) atoms. The first-order valence-corrected chi connectivity index (χ1v) is 9.05. The molecule has 4 rings (SSSR count). The summed E-state index contributed by atoms with van der Waals surface area (Å²) in [6, 6.07) is 3.28. The van der Waals surface area contributed by atoms with Crippen LogP contribution in [0.5, 0.6) is 11.5 Å². The average molecular weight is 375 g/mol. The number of aryl methyl sites for hydroxylation is 2. The molecule has 2 N–H and O–H groups in total. The quantitative estimate of drug-likeness (QED) is 0.726. The molecule has 0 saturated heterocycles. The van der Waals surface area contributed by atoms with Gasteiger partial charge in [0.05, 0.1) is 17.5 Å². The summed E-state index contributed by atoms with van der Waals surface area (Å²) in [5.41, 5.74) is 1.81. The molecule has 0 unspecified atom stereocenters. The van der Waals surface area contributed by atoms with Gasteiger partial charge in [0.25, 0.3) is 5.56 Å². The molecule has 0 radical (unpaired) electrons. The first kappa shape index (κ1) is 16.2. The van der Waals surface area contributed by atoms with E-state index in [1.54, 1.807) is 35.6 Å². The number of phenols is 1. The van der Waals surface area contributed by atoms with Crippen molar-refractivity contribution in [3.8, 4) is 11.5 Å². The number of halogens is 1. The Kier molecular flexibility index (Phi) is 4.01. The molecule has 0 bridgehead atoms. The molecule has 0 amide bonds. The third-order valence-electron chi connectivity index (χ3n) is 4.30. The van der Waals surface area contributed by atoms with Crippen LogP contribution < -0.4 is 10.3 Å². The van der Waals surface area contributed by atoms with Gasteiger partial charge in [-0.15, -0.1) is 11.3 Å². The van der Waals surface area contributed by atoms with Crippen molar-refractivity contribution in [1.82, 2.24) is 9.97 Å². The Morgan fingerprint density at radius 3 is 3.00 bits per heavy atom. The molecular weight excluding hydrogens is 360 g/mol. The van der Waals surface area contributed by atoms with Crippen LogP contribution in [0.1, 0.15) is 28.2 Å². The van der Waals surface area contributed by atoms with Crippen molar-refractivity contribution in [3.63, 3.8) is 0 Å². The molecule has 0 spiro atoms. The van der Waals surface area contributed by atoms with Crippen LogP contribution in [0.2, 0.25) is 5.02 Å². The first-order valence-electron chi connectivity index (χ1n) is 7.86. The Morgan fingerprint density at radius 2 is 2.20 bits per heavy atom. The van der Waals surface area contributed by atoms with Gasteiger partial charge < -0.3 is 14.8 Å². The highest BCUT2D eigenvalue weighted by atomic mass is 35.5. The second-order valence-corrected chi connectivity index (χ2v) is 7.37. The number of aromatic nitrogens is 2. The third kappa shape index (κ3) is 2.81. The van der Waals surface area contributed by atoms with Gasteiger partial charge in [0.15, 0.2) is 11.5 Å². The average Bonchev–Trinajstić information content (AvgIpc) is 3.16. The molecule has 3 aromatic rings. The van der Waals surface area contributed by atoms with E-state index >= 15 is 0 Å². The van der Waals surface area contributed by atoms with Crippen LogP contribution >= 0.6 is 22.9 Å². The van der Waals surface area contributed by atoms with Crippen molar-refractivity contribution < 1.29 is 9.84 Å². The number of rotatable bonds is 3. The van der Waals surface area contributed by atoms with E-state index in [1.807, 2.05) is 0 Å². The van der Waals surface area contributed by atoms with Crippen LogP contribution in [-0.2, 0) is 12.8 Å². The Labute approximate surface area is 152 Å². The minimum atomic E-state index is -0.0950.